The fourth-order valence-corrected chi connectivity index (χ4v) is 2.20. The van der Waals surface area contributed by atoms with Crippen LogP contribution in [-0.2, 0) is 0 Å². The first kappa shape index (κ1) is 10.8. The summed E-state index contributed by atoms with van der Waals surface area (Å²) < 4.78 is 2.19. The molecule has 2 rings (SSSR count). The molecule has 0 aliphatic carbocycles. The average molecular weight is 214 g/mol. The van der Waals surface area contributed by atoms with Gasteiger partial charge in [0.1, 0.15) is 5.82 Å². The Balaban J connectivity index is 2.65. The van der Waals surface area contributed by atoms with Crippen LogP contribution in [-0.4, -0.2) is 4.57 Å². The fourth-order valence-electron chi connectivity index (χ4n) is 2.20. The summed E-state index contributed by atoms with van der Waals surface area (Å²) in [7, 11) is 0. The highest BCUT2D eigenvalue weighted by molar-refractivity contribution is 5.68. The first-order valence-electron chi connectivity index (χ1n) is 5.64. The van der Waals surface area contributed by atoms with Crippen LogP contribution in [0.5, 0.6) is 0 Å². The van der Waals surface area contributed by atoms with Crippen molar-refractivity contribution in [2.45, 2.75) is 26.8 Å². The van der Waals surface area contributed by atoms with Gasteiger partial charge in [-0.2, -0.15) is 0 Å². The zero-order chi connectivity index (χ0) is 11.7. The normalized spacial score (nSPS) is 11.0. The van der Waals surface area contributed by atoms with E-state index >= 15 is 0 Å². The van der Waals surface area contributed by atoms with Crippen LogP contribution in [0.4, 0.5) is 5.82 Å². The molecule has 0 aliphatic heterocycles. The van der Waals surface area contributed by atoms with E-state index in [9.17, 15) is 0 Å². The molecule has 1 aromatic heterocycles. The van der Waals surface area contributed by atoms with Crippen LogP contribution < -0.4 is 5.73 Å². The topological polar surface area (TPSA) is 30.9 Å². The molecule has 1 heterocycles. The molecule has 0 radical (unpaired) electrons. The van der Waals surface area contributed by atoms with Gasteiger partial charge in [0.25, 0.3) is 0 Å². The molecule has 2 N–H and O–H groups in total. The largest absolute Gasteiger partial charge is 0.385 e. The van der Waals surface area contributed by atoms with E-state index in [-0.39, 0.29) is 0 Å². The number of nitrogens with zero attached hydrogens (tertiary/aromatic N) is 1. The van der Waals surface area contributed by atoms with Crippen molar-refractivity contribution in [2.75, 3.05) is 5.73 Å². The van der Waals surface area contributed by atoms with Crippen molar-refractivity contribution >= 4 is 5.82 Å². The first-order chi connectivity index (χ1) is 7.61. The molecule has 0 spiro atoms. The third-order valence-corrected chi connectivity index (χ3v) is 2.82. The van der Waals surface area contributed by atoms with Gasteiger partial charge in [-0.3, -0.25) is 0 Å². The van der Waals surface area contributed by atoms with Gasteiger partial charge in [0.15, 0.2) is 0 Å². The van der Waals surface area contributed by atoms with Crippen LogP contribution in [0.15, 0.2) is 36.4 Å². The number of anilines is 1. The Morgan fingerprint density at radius 1 is 1.12 bits per heavy atom. The number of aromatic nitrogens is 1. The maximum atomic E-state index is 6.04. The summed E-state index contributed by atoms with van der Waals surface area (Å²) in [5.74, 6) is 0.839. The van der Waals surface area contributed by atoms with Gasteiger partial charge in [-0.15, -0.1) is 0 Å². The molecular weight excluding hydrogens is 196 g/mol. The second kappa shape index (κ2) is 4.05. The Morgan fingerprint density at radius 3 is 2.31 bits per heavy atom. The van der Waals surface area contributed by atoms with Crippen LogP contribution >= 0.6 is 0 Å². The Hall–Kier alpha value is -1.70. The molecule has 0 aliphatic rings. The van der Waals surface area contributed by atoms with Gasteiger partial charge in [-0.05, 0) is 38.0 Å². The highest BCUT2D eigenvalue weighted by Gasteiger charge is 2.13. The molecule has 2 aromatic rings. The highest BCUT2D eigenvalue weighted by atomic mass is 15.1. The summed E-state index contributed by atoms with van der Waals surface area (Å²) in [5.41, 5.74) is 9.73. The quantitative estimate of drug-likeness (QED) is 0.813. The van der Waals surface area contributed by atoms with E-state index in [1.165, 1.54) is 16.8 Å². The van der Waals surface area contributed by atoms with Gasteiger partial charge >= 0.3 is 0 Å². The number of aryl methyl sites for hydroxylation is 1. The fraction of sp³-hybridized carbons (Fsp3) is 0.286. The van der Waals surface area contributed by atoms with Crippen molar-refractivity contribution in [3.63, 3.8) is 0 Å². The molecule has 0 saturated carbocycles. The Labute approximate surface area is 96.7 Å². The van der Waals surface area contributed by atoms with E-state index in [1.807, 2.05) is 12.1 Å². The van der Waals surface area contributed by atoms with E-state index in [0.717, 1.165) is 5.82 Å². The Kier molecular flexibility index (Phi) is 2.73. The molecule has 1 aromatic carbocycles. The smallest absolute Gasteiger partial charge is 0.104 e. The number of benzene rings is 1. The molecule has 0 bridgehead atoms. The predicted octanol–water partition coefficient (Wildman–Crippen LogP) is 3.63. The van der Waals surface area contributed by atoms with Crippen LogP contribution in [0.2, 0.25) is 0 Å². The maximum absolute atomic E-state index is 6.04. The number of hydrogen-bond acceptors (Lipinski definition) is 1. The molecular formula is C14H18N2. The minimum atomic E-state index is 0.379. The van der Waals surface area contributed by atoms with E-state index in [0.29, 0.717) is 6.04 Å². The molecule has 84 valence electrons. The maximum Gasteiger partial charge on any atom is 0.104 e. The van der Waals surface area contributed by atoms with Crippen molar-refractivity contribution < 1.29 is 0 Å². The second-order valence-corrected chi connectivity index (χ2v) is 4.43. The summed E-state index contributed by atoms with van der Waals surface area (Å²) in [6.07, 6.45) is 0. The van der Waals surface area contributed by atoms with Gasteiger partial charge in [-0.1, -0.05) is 30.3 Å². The SMILES string of the molecule is Cc1cc(N)n(C(C)C)c1-c1ccccc1. The highest BCUT2D eigenvalue weighted by Crippen LogP contribution is 2.31. The Morgan fingerprint density at radius 2 is 1.75 bits per heavy atom. The van der Waals surface area contributed by atoms with E-state index in [4.69, 9.17) is 5.73 Å². The monoisotopic (exact) mass is 214 g/mol. The lowest BCUT2D eigenvalue weighted by Crippen LogP contribution is -2.06. The van der Waals surface area contributed by atoms with Gasteiger partial charge in [0.05, 0.1) is 5.69 Å². The molecule has 16 heavy (non-hydrogen) atoms. The number of nitrogens with two attached hydrogens (primary N) is 1. The summed E-state index contributed by atoms with van der Waals surface area (Å²) in [6.45, 7) is 6.42. The summed E-state index contributed by atoms with van der Waals surface area (Å²) >= 11 is 0. The lowest BCUT2D eigenvalue weighted by atomic mass is 10.1. The summed E-state index contributed by atoms with van der Waals surface area (Å²) in [5, 5.41) is 0. The molecule has 2 nitrogen and oxygen atoms in total. The predicted molar refractivity (Wildman–Crippen MR) is 69.4 cm³/mol. The van der Waals surface area contributed by atoms with Crippen molar-refractivity contribution in [1.82, 2.24) is 4.57 Å². The zero-order valence-corrected chi connectivity index (χ0v) is 10.1. The van der Waals surface area contributed by atoms with Crippen molar-refractivity contribution in [2.24, 2.45) is 0 Å². The second-order valence-electron chi connectivity index (χ2n) is 4.43. The van der Waals surface area contributed by atoms with Crippen molar-refractivity contribution in [1.29, 1.82) is 0 Å². The Bertz CT molecular complexity index is 481. The van der Waals surface area contributed by atoms with E-state index in [2.05, 4.69) is 49.6 Å². The number of rotatable bonds is 2. The summed E-state index contributed by atoms with van der Waals surface area (Å²) in [4.78, 5) is 0. The van der Waals surface area contributed by atoms with Crippen LogP contribution in [0, 0.1) is 6.92 Å². The molecule has 0 unspecified atom stereocenters. The first-order valence-corrected chi connectivity index (χ1v) is 5.64. The van der Waals surface area contributed by atoms with Gasteiger partial charge in [0, 0.05) is 6.04 Å². The van der Waals surface area contributed by atoms with Gasteiger partial charge < -0.3 is 10.3 Å². The van der Waals surface area contributed by atoms with E-state index in [1.54, 1.807) is 0 Å². The van der Waals surface area contributed by atoms with Crippen molar-refractivity contribution in [3.8, 4) is 11.3 Å². The molecule has 0 amide bonds. The lowest BCUT2D eigenvalue weighted by molar-refractivity contribution is 0.617. The summed E-state index contributed by atoms with van der Waals surface area (Å²) in [6, 6.07) is 12.8. The van der Waals surface area contributed by atoms with E-state index < -0.39 is 0 Å². The zero-order valence-electron chi connectivity index (χ0n) is 10.1. The lowest BCUT2D eigenvalue weighted by Gasteiger charge is -2.16. The van der Waals surface area contributed by atoms with Gasteiger partial charge in [-0.25, -0.2) is 0 Å². The van der Waals surface area contributed by atoms with Gasteiger partial charge in [0.2, 0.25) is 0 Å². The molecule has 0 atom stereocenters. The standard InChI is InChI=1S/C14H18N2/c1-10(2)16-13(15)9-11(3)14(16)12-7-5-4-6-8-12/h4-10H,15H2,1-3H3. The molecule has 0 fully saturated rings. The minimum absolute atomic E-state index is 0.379. The molecule has 2 heteroatoms. The van der Waals surface area contributed by atoms with Crippen LogP contribution in [0.25, 0.3) is 11.3 Å². The average Bonchev–Trinajstić information content (AvgIpc) is 2.55. The third-order valence-electron chi connectivity index (χ3n) is 2.82. The third kappa shape index (κ3) is 1.71. The number of hydrogen-bond donors (Lipinski definition) is 1. The minimum Gasteiger partial charge on any atom is -0.385 e. The van der Waals surface area contributed by atoms with Crippen LogP contribution in [0.1, 0.15) is 25.5 Å². The number of nitrogen functional groups attached to an aromatic ring is 1. The van der Waals surface area contributed by atoms with Crippen LogP contribution in [0.3, 0.4) is 0 Å². The molecule has 0 saturated heterocycles. The van der Waals surface area contributed by atoms with Crippen molar-refractivity contribution in [3.05, 3.63) is 42.0 Å².